The maximum Gasteiger partial charge on any atom is 0.271 e. The first-order valence-corrected chi connectivity index (χ1v) is 7.28. The Morgan fingerprint density at radius 3 is 2.50 bits per heavy atom. The Balaban J connectivity index is 2.02. The van der Waals surface area contributed by atoms with Gasteiger partial charge >= 0.3 is 0 Å². The molecular formula is C18H19N3O3. The highest BCUT2D eigenvalue weighted by Crippen LogP contribution is 2.28. The van der Waals surface area contributed by atoms with Gasteiger partial charge in [-0.15, -0.1) is 0 Å². The number of rotatable bonds is 6. The summed E-state index contributed by atoms with van der Waals surface area (Å²) in [6, 6.07) is 8.86. The summed E-state index contributed by atoms with van der Waals surface area (Å²) in [7, 11) is 3.19. The van der Waals surface area contributed by atoms with Crippen molar-refractivity contribution in [2.24, 2.45) is 5.10 Å². The number of hydrogen-bond acceptors (Lipinski definition) is 5. The minimum Gasteiger partial charge on any atom is -0.493 e. The number of hydrogen-bond donors (Lipinski definition) is 1. The van der Waals surface area contributed by atoms with Crippen LogP contribution in [0.5, 0.6) is 11.5 Å². The van der Waals surface area contributed by atoms with Gasteiger partial charge in [0.15, 0.2) is 11.5 Å². The van der Waals surface area contributed by atoms with E-state index < -0.39 is 0 Å². The summed E-state index contributed by atoms with van der Waals surface area (Å²) >= 11 is 0. The Bertz CT molecular complexity index is 755. The molecule has 124 valence electrons. The van der Waals surface area contributed by atoms with E-state index in [1.54, 1.807) is 45.0 Å². The second-order valence-electron chi connectivity index (χ2n) is 4.94. The summed E-state index contributed by atoms with van der Waals surface area (Å²) < 4.78 is 10.5. The van der Waals surface area contributed by atoms with Gasteiger partial charge in [-0.05, 0) is 42.3 Å². The van der Waals surface area contributed by atoms with Crippen LogP contribution in [0.1, 0.15) is 22.8 Å². The average molecular weight is 325 g/mol. The van der Waals surface area contributed by atoms with Crippen molar-refractivity contribution in [1.82, 2.24) is 10.4 Å². The van der Waals surface area contributed by atoms with Gasteiger partial charge in [0.2, 0.25) is 0 Å². The van der Waals surface area contributed by atoms with E-state index in [1.165, 1.54) is 0 Å². The molecule has 24 heavy (non-hydrogen) atoms. The third kappa shape index (κ3) is 4.67. The van der Waals surface area contributed by atoms with Crippen molar-refractivity contribution in [3.8, 4) is 11.5 Å². The Morgan fingerprint density at radius 1 is 1.12 bits per heavy atom. The van der Waals surface area contributed by atoms with Gasteiger partial charge in [0, 0.05) is 18.0 Å². The number of hydrazone groups is 1. The van der Waals surface area contributed by atoms with Gasteiger partial charge in [-0.3, -0.25) is 9.78 Å². The summed E-state index contributed by atoms with van der Waals surface area (Å²) in [5.41, 5.74) is 4.79. The average Bonchev–Trinajstić information content (AvgIpc) is 2.62. The standard InChI is InChI=1S/C18H19N3O3/c1-13(10-14-4-5-16(23-2)17(11-14)24-3)12-20-21-18(22)15-6-8-19-9-7-15/h4-12H,1-3H3,(H,21,22). The predicted molar refractivity (Wildman–Crippen MR) is 93.4 cm³/mol. The van der Waals surface area contributed by atoms with Gasteiger partial charge in [-0.25, -0.2) is 5.43 Å². The third-order valence-electron chi connectivity index (χ3n) is 3.18. The molecule has 0 saturated carbocycles. The SMILES string of the molecule is COc1ccc(C=C(C)C=NNC(=O)c2ccncc2)cc1OC. The maximum absolute atomic E-state index is 11.8. The van der Waals surface area contributed by atoms with E-state index in [4.69, 9.17) is 9.47 Å². The summed E-state index contributed by atoms with van der Waals surface area (Å²) in [5, 5.41) is 3.95. The molecule has 0 spiro atoms. The fraction of sp³-hybridized carbons (Fsp3) is 0.167. The molecular weight excluding hydrogens is 306 g/mol. The summed E-state index contributed by atoms with van der Waals surface area (Å²) in [4.78, 5) is 15.7. The molecule has 0 aliphatic heterocycles. The Kier molecular flexibility index (Phi) is 6.08. The lowest BCUT2D eigenvalue weighted by molar-refractivity contribution is 0.0955. The number of nitrogens with zero attached hydrogens (tertiary/aromatic N) is 2. The molecule has 2 aromatic rings. The van der Waals surface area contributed by atoms with E-state index in [0.717, 1.165) is 11.1 Å². The van der Waals surface area contributed by atoms with Crippen LogP contribution >= 0.6 is 0 Å². The van der Waals surface area contributed by atoms with Crippen molar-refractivity contribution in [3.63, 3.8) is 0 Å². The van der Waals surface area contributed by atoms with Crippen LogP contribution in [0.3, 0.4) is 0 Å². The van der Waals surface area contributed by atoms with Crippen LogP contribution in [-0.4, -0.2) is 31.3 Å². The van der Waals surface area contributed by atoms with E-state index in [0.29, 0.717) is 17.1 Å². The topological polar surface area (TPSA) is 72.8 Å². The molecule has 1 N–H and O–H groups in total. The fourth-order valence-electron chi connectivity index (χ4n) is 2.00. The Hall–Kier alpha value is -3.15. The van der Waals surface area contributed by atoms with E-state index in [2.05, 4.69) is 15.5 Å². The molecule has 1 amide bonds. The molecule has 6 nitrogen and oxygen atoms in total. The molecule has 1 heterocycles. The second-order valence-corrected chi connectivity index (χ2v) is 4.94. The minimum absolute atomic E-state index is 0.285. The summed E-state index contributed by atoms with van der Waals surface area (Å²) in [6.45, 7) is 1.89. The van der Waals surface area contributed by atoms with Gasteiger partial charge in [0.05, 0.1) is 20.4 Å². The zero-order chi connectivity index (χ0) is 17.4. The molecule has 0 aliphatic rings. The molecule has 0 atom stereocenters. The van der Waals surface area contributed by atoms with Crippen LogP contribution in [0.25, 0.3) is 6.08 Å². The maximum atomic E-state index is 11.8. The molecule has 6 heteroatoms. The van der Waals surface area contributed by atoms with Gasteiger partial charge in [0.25, 0.3) is 5.91 Å². The van der Waals surface area contributed by atoms with Crippen LogP contribution in [-0.2, 0) is 0 Å². The largest absolute Gasteiger partial charge is 0.493 e. The van der Waals surface area contributed by atoms with Crippen molar-refractivity contribution in [1.29, 1.82) is 0 Å². The van der Waals surface area contributed by atoms with Crippen molar-refractivity contribution in [3.05, 3.63) is 59.4 Å². The van der Waals surface area contributed by atoms with Gasteiger partial charge < -0.3 is 9.47 Å². The molecule has 0 unspecified atom stereocenters. The van der Waals surface area contributed by atoms with Crippen LogP contribution in [0.2, 0.25) is 0 Å². The zero-order valence-corrected chi connectivity index (χ0v) is 13.8. The molecule has 1 aromatic carbocycles. The van der Waals surface area contributed by atoms with E-state index in [-0.39, 0.29) is 5.91 Å². The highest BCUT2D eigenvalue weighted by Gasteiger charge is 2.04. The highest BCUT2D eigenvalue weighted by molar-refractivity contribution is 5.95. The van der Waals surface area contributed by atoms with E-state index >= 15 is 0 Å². The lowest BCUT2D eigenvalue weighted by Crippen LogP contribution is -2.17. The van der Waals surface area contributed by atoms with Crippen LogP contribution in [0.15, 0.2) is 53.4 Å². The number of aromatic nitrogens is 1. The number of carbonyl (C=O) groups is 1. The molecule has 0 fully saturated rings. The van der Waals surface area contributed by atoms with Crippen molar-refractivity contribution in [2.45, 2.75) is 6.92 Å². The first-order valence-electron chi connectivity index (χ1n) is 7.28. The lowest BCUT2D eigenvalue weighted by atomic mass is 10.1. The van der Waals surface area contributed by atoms with Gasteiger partial charge in [-0.1, -0.05) is 12.1 Å². The molecule has 0 aliphatic carbocycles. The van der Waals surface area contributed by atoms with Crippen LogP contribution in [0.4, 0.5) is 0 Å². The van der Waals surface area contributed by atoms with E-state index in [9.17, 15) is 4.79 Å². The zero-order valence-electron chi connectivity index (χ0n) is 13.8. The minimum atomic E-state index is -0.285. The number of pyridine rings is 1. The fourth-order valence-corrected chi connectivity index (χ4v) is 2.00. The number of amides is 1. The smallest absolute Gasteiger partial charge is 0.271 e. The molecule has 2 rings (SSSR count). The van der Waals surface area contributed by atoms with Gasteiger partial charge in [-0.2, -0.15) is 5.10 Å². The number of nitrogens with one attached hydrogen (secondary N) is 1. The van der Waals surface area contributed by atoms with Crippen LogP contribution in [0, 0.1) is 0 Å². The molecule has 0 saturated heterocycles. The first-order chi connectivity index (χ1) is 11.6. The number of methoxy groups -OCH3 is 2. The lowest BCUT2D eigenvalue weighted by Gasteiger charge is -2.07. The molecule has 1 aromatic heterocycles. The quantitative estimate of drug-likeness (QED) is 0.655. The van der Waals surface area contributed by atoms with Crippen LogP contribution < -0.4 is 14.9 Å². The van der Waals surface area contributed by atoms with Crippen molar-refractivity contribution < 1.29 is 14.3 Å². The number of carbonyl (C=O) groups excluding carboxylic acids is 1. The first kappa shape index (κ1) is 17.2. The van der Waals surface area contributed by atoms with Crippen molar-refractivity contribution >= 4 is 18.2 Å². The highest BCUT2D eigenvalue weighted by atomic mass is 16.5. The number of benzene rings is 1. The summed E-state index contributed by atoms with van der Waals surface area (Å²) in [5.74, 6) is 1.04. The van der Waals surface area contributed by atoms with E-state index in [1.807, 2.05) is 31.2 Å². The Labute approximate surface area is 140 Å². The summed E-state index contributed by atoms with van der Waals surface area (Å²) in [6.07, 6.45) is 6.61. The van der Waals surface area contributed by atoms with Crippen molar-refractivity contribution in [2.75, 3.05) is 14.2 Å². The Morgan fingerprint density at radius 2 is 1.83 bits per heavy atom. The normalized spacial score (nSPS) is 11.4. The second kappa shape index (κ2) is 8.47. The third-order valence-corrected chi connectivity index (χ3v) is 3.18. The van der Waals surface area contributed by atoms with Gasteiger partial charge in [0.1, 0.15) is 0 Å². The number of ether oxygens (including phenoxy) is 2. The molecule has 0 radical (unpaired) electrons. The predicted octanol–water partition coefficient (Wildman–Crippen LogP) is 2.92. The molecule has 0 bridgehead atoms. The monoisotopic (exact) mass is 325 g/mol. The number of allylic oxidation sites excluding steroid dienone is 1.